The monoisotopic (exact) mass is 342 g/mol. The molecule has 122 valence electrons. The topological polar surface area (TPSA) is 79.6 Å². The van der Waals surface area contributed by atoms with Gasteiger partial charge in [-0.15, -0.1) is 0 Å². The third kappa shape index (κ3) is 2.85. The van der Waals surface area contributed by atoms with E-state index in [9.17, 15) is 14.4 Å². The normalized spacial score (nSPS) is 16.2. The van der Waals surface area contributed by atoms with E-state index >= 15 is 0 Å². The zero-order valence-electron chi connectivity index (χ0n) is 12.8. The summed E-state index contributed by atoms with van der Waals surface area (Å²) in [5.41, 5.74) is 1.71. The van der Waals surface area contributed by atoms with Crippen LogP contribution in [0.5, 0.6) is 0 Å². The number of rotatable bonds is 4. The Bertz CT molecular complexity index is 852. The number of carbonyl (C=O) groups excluding carboxylic acids is 2. The average Bonchev–Trinajstić information content (AvgIpc) is 3.12. The minimum atomic E-state index is -0.984. The first-order valence-corrected chi connectivity index (χ1v) is 8.09. The van der Waals surface area contributed by atoms with E-state index in [1.165, 1.54) is 17.0 Å². The van der Waals surface area contributed by atoms with Crippen LogP contribution in [0.25, 0.3) is 11.8 Å². The number of likely N-dealkylation sites (N-methyl/N-ethyl adjacent to an activating group) is 1. The molecule has 6 nitrogen and oxygen atoms in total. The maximum atomic E-state index is 12.2. The number of benzene rings is 1. The zero-order valence-corrected chi connectivity index (χ0v) is 13.6. The highest BCUT2D eigenvalue weighted by Crippen LogP contribution is 2.32. The van der Waals surface area contributed by atoms with Crippen molar-refractivity contribution in [2.45, 2.75) is 6.92 Å². The summed E-state index contributed by atoms with van der Waals surface area (Å²) in [5, 5.41) is 8.69. The molecule has 1 aromatic carbocycles. The number of imide groups is 1. The zero-order chi connectivity index (χ0) is 17.3. The van der Waals surface area contributed by atoms with Gasteiger partial charge in [-0.25, -0.2) is 4.79 Å². The number of carboxylic acid groups (broad SMARTS) is 1. The van der Waals surface area contributed by atoms with Gasteiger partial charge in [-0.05, 0) is 61.2 Å². The van der Waals surface area contributed by atoms with E-state index in [0.29, 0.717) is 11.4 Å². The number of nitrogens with zero attached hydrogens (tertiary/aromatic N) is 2. The molecule has 1 N–H and O–H groups in total. The molecule has 1 aliphatic heterocycles. The molecule has 1 fully saturated rings. The Labute approximate surface area is 142 Å². The van der Waals surface area contributed by atoms with Gasteiger partial charge in [0.1, 0.15) is 0 Å². The summed E-state index contributed by atoms with van der Waals surface area (Å²) >= 11 is 0.922. The number of hydrogen-bond donors (Lipinski definition) is 1. The first-order valence-electron chi connectivity index (χ1n) is 7.27. The number of aromatic nitrogens is 1. The van der Waals surface area contributed by atoms with Gasteiger partial charge in [0.2, 0.25) is 0 Å². The first-order chi connectivity index (χ1) is 11.5. The van der Waals surface area contributed by atoms with Crippen LogP contribution in [0, 0.1) is 0 Å². The Morgan fingerprint density at radius 1 is 1.21 bits per heavy atom. The third-order valence-corrected chi connectivity index (χ3v) is 4.55. The SMILES string of the molecule is CCN1C(=O)S/C(=C/c2cccn2-c2ccc(C(=O)O)cc2)C1=O. The van der Waals surface area contributed by atoms with Crippen molar-refractivity contribution in [2.75, 3.05) is 6.54 Å². The van der Waals surface area contributed by atoms with E-state index in [1.807, 2.05) is 22.9 Å². The molecule has 0 aliphatic carbocycles. The molecule has 0 radical (unpaired) electrons. The Morgan fingerprint density at radius 2 is 1.92 bits per heavy atom. The van der Waals surface area contributed by atoms with Crippen LogP contribution in [0.2, 0.25) is 0 Å². The molecule has 0 bridgehead atoms. The summed E-state index contributed by atoms with van der Waals surface area (Å²) in [5.74, 6) is -1.27. The summed E-state index contributed by atoms with van der Waals surface area (Å²) in [6, 6.07) is 10.1. The van der Waals surface area contributed by atoms with Crippen molar-refractivity contribution >= 4 is 35.0 Å². The maximum Gasteiger partial charge on any atom is 0.335 e. The van der Waals surface area contributed by atoms with Crippen LogP contribution in [-0.4, -0.2) is 38.2 Å². The van der Waals surface area contributed by atoms with Gasteiger partial charge >= 0.3 is 5.97 Å². The lowest BCUT2D eigenvalue weighted by atomic mass is 10.2. The van der Waals surface area contributed by atoms with E-state index in [1.54, 1.807) is 25.1 Å². The minimum absolute atomic E-state index is 0.205. The Balaban J connectivity index is 1.94. The molecule has 0 unspecified atom stereocenters. The predicted octanol–water partition coefficient (Wildman–Crippen LogP) is 3.23. The Kier molecular flexibility index (Phi) is 4.26. The highest BCUT2D eigenvalue weighted by atomic mass is 32.2. The molecule has 1 aromatic heterocycles. The lowest BCUT2D eigenvalue weighted by Gasteiger charge is -2.08. The fourth-order valence-electron chi connectivity index (χ4n) is 2.42. The number of carbonyl (C=O) groups is 3. The Hall–Kier alpha value is -2.80. The van der Waals surface area contributed by atoms with E-state index in [2.05, 4.69) is 0 Å². The van der Waals surface area contributed by atoms with Gasteiger partial charge in [0.05, 0.1) is 10.5 Å². The van der Waals surface area contributed by atoms with Gasteiger partial charge in [0.25, 0.3) is 11.1 Å². The van der Waals surface area contributed by atoms with Crippen LogP contribution in [0.15, 0.2) is 47.5 Å². The lowest BCUT2D eigenvalue weighted by Crippen LogP contribution is -2.27. The van der Waals surface area contributed by atoms with Gasteiger partial charge in [-0.1, -0.05) is 0 Å². The smallest absolute Gasteiger partial charge is 0.335 e. The van der Waals surface area contributed by atoms with Gasteiger partial charge in [-0.2, -0.15) is 0 Å². The number of amides is 2. The van der Waals surface area contributed by atoms with Crippen molar-refractivity contribution in [3.63, 3.8) is 0 Å². The summed E-state index contributed by atoms with van der Waals surface area (Å²) < 4.78 is 1.82. The second-order valence-corrected chi connectivity index (χ2v) is 6.07. The maximum absolute atomic E-state index is 12.2. The summed E-state index contributed by atoms with van der Waals surface area (Å²) in [4.78, 5) is 36.5. The van der Waals surface area contributed by atoms with E-state index in [0.717, 1.165) is 23.1 Å². The molecule has 2 heterocycles. The van der Waals surface area contributed by atoms with Crippen LogP contribution in [-0.2, 0) is 4.79 Å². The highest BCUT2D eigenvalue weighted by Gasteiger charge is 2.33. The van der Waals surface area contributed by atoms with Crippen molar-refractivity contribution in [1.29, 1.82) is 0 Å². The van der Waals surface area contributed by atoms with E-state index in [-0.39, 0.29) is 16.7 Å². The number of aromatic carboxylic acids is 1. The fraction of sp³-hybridized carbons (Fsp3) is 0.118. The van der Waals surface area contributed by atoms with Crippen molar-refractivity contribution in [3.8, 4) is 5.69 Å². The van der Waals surface area contributed by atoms with Crippen LogP contribution >= 0.6 is 11.8 Å². The summed E-state index contributed by atoms with van der Waals surface area (Å²) in [6.07, 6.45) is 3.48. The molecule has 0 saturated carbocycles. The largest absolute Gasteiger partial charge is 0.478 e. The summed E-state index contributed by atoms with van der Waals surface area (Å²) in [7, 11) is 0. The number of thioether (sulfide) groups is 1. The molecular weight excluding hydrogens is 328 g/mol. The highest BCUT2D eigenvalue weighted by molar-refractivity contribution is 8.18. The van der Waals surface area contributed by atoms with Gasteiger partial charge < -0.3 is 9.67 Å². The van der Waals surface area contributed by atoms with Crippen LogP contribution in [0.3, 0.4) is 0 Å². The predicted molar refractivity (Wildman–Crippen MR) is 91.1 cm³/mol. The van der Waals surface area contributed by atoms with Gasteiger partial charge in [0, 0.05) is 24.1 Å². The minimum Gasteiger partial charge on any atom is -0.478 e. The molecule has 0 atom stereocenters. The van der Waals surface area contributed by atoms with Crippen molar-refractivity contribution in [1.82, 2.24) is 9.47 Å². The van der Waals surface area contributed by atoms with Crippen LogP contribution in [0.4, 0.5) is 4.79 Å². The molecule has 24 heavy (non-hydrogen) atoms. The standard InChI is InChI=1S/C17H14N2O4S/c1-2-18-15(20)14(24-17(18)23)10-13-4-3-9-19(13)12-7-5-11(6-8-12)16(21)22/h3-10H,2H2,1H3,(H,21,22)/b14-10+. The third-order valence-electron chi connectivity index (χ3n) is 3.64. The number of hydrogen-bond acceptors (Lipinski definition) is 4. The Morgan fingerprint density at radius 3 is 2.50 bits per heavy atom. The van der Waals surface area contributed by atoms with Crippen LogP contribution in [0.1, 0.15) is 23.0 Å². The summed E-state index contributed by atoms with van der Waals surface area (Å²) in [6.45, 7) is 2.10. The fourth-order valence-corrected chi connectivity index (χ4v) is 3.31. The lowest BCUT2D eigenvalue weighted by molar-refractivity contribution is -0.122. The van der Waals surface area contributed by atoms with Crippen molar-refractivity contribution in [3.05, 3.63) is 58.8 Å². The van der Waals surface area contributed by atoms with E-state index < -0.39 is 5.97 Å². The van der Waals surface area contributed by atoms with Crippen molar-refractivity contribution < 1.29 is 19.5 Å². The molecule has 1 saturated heterocycles. The molecule has 1 aliphatic rings. The molecule has 7 heteroatoms. The van der Waals surface area contributed by atoms with Crippen LogP contribution < -0.4 is 0 Å². The average molecular weight is 342 g/mol. The van der Waals surface area contributed by atoms with E-state index in [4.69, 9.17) is 5.11 Å². The molecule has 2 amide bonds. The molecule has 3 rings (SSSR count). The molecule has 0 spiro atoms. The second-order valence-electron chi connectivity index (χ2n) is 5.08. The molecule has 2 aromatic rings. The molecular formula is C17H14N2O4S. The van der Waals surface area contributed by atoms with Gasteiger partial charge in [0.15, 0.2) is 0 Å². The van der Waals surface area contributed by atoms with Gasteiger partial charge in [-0.3, -0.25) is 14.5 Å². The number of carboxylic acids is 1. The van der Waals surface area contributed by atoms with Crippen molar-refractivity contribution in [2.24, 2.45) is 0 Å². The second kappa shape index (κ2) is 6.37. The quantitative estimate of drug-likeness (QED) is 0.863. The first kappa shape index (κ1) is 16.1.